The summed E-state index contributed by atoms with van der Waals surface area (Å²) in [5.41, 5.74) is 3.82. The quantitative estimate of drug-likeness (QED) is 0.510. The number of rotatable bonds is 8. The zero-order valence-electron chi connectivity index (χ0n) is 18.2. The van der Waals surface area contributed by atoms with Gasteiger partial charge in [0.05, 0.1) is 12.0 Å². The normalized spacial score (nSPS) is 12.6. The maximum atomic E-state index is 12.9. The van der Waals surface area contributed by atoms with E-state index in [0.29, 0.717) is 16.7 Å². The van der Waals surface area contributed by atoms with Crippen LogP contribution in [0.3, 0.4) is 0 Å². The molecule has 0 aliphatic rings. The average molecular weight is 430 g/mol. The number of carboxylic acid groups (broad SMARTS) is 1. The molecule has 2 N–H and O–H groups in total. The fraction of sp³-hybridized carbons (Fsp3) is 0.185. The maximum absolute atomic E-state index is 12.9. The minimum Gasteiger partial charge on any atom is -0.481 e. The van der Waals surface area contributed by atoms with Gasteiger partial charge in [-0.05, 0) is 46.4 Å². The van der Waals surface area contributed by atoms with E-state index in [9.17, 15) is 19.8 Å². The van der Waals surface area contributed by atoms with E-state index in [2.05, 4.69) is 6.58 Å². The van der Waals surface area contributed by atoms with Crippen molar-refractivity contribution in [3.8, 4) is 11.1 Å². The number of carboxylic acids is 1. The molecule has 3 aromatic carbocycles. The van der Waals surface area contributed by atoms with Gasteiger partial charge in [0.25, 0.3) is 5.91 Å². The first-order valence-electron chi connectivity index (χ1n) is 10.4. The van der Waals surface area contributed by atoms with Crippen molar-refractivity contribution in [2.75, 3.05) is 14.1 Å². The number of aliphatic hydroxyl groups is 1. The number of nitrogens with zero attached hydrogens (tertiary/aromatic N) is 1. The lowest BCUT2D eigenvalue weighted by Crippen LogP contribution is -2.25. The first kappa shape index (κ1) is 23.0. The molecule has 0 saturated carbocycles. The first-order chi connectivity index (χ1) is 15.3. The van der Waals surface area contributed by atoms with Crippen molar-refractivity contribution in [2.45, 2.75) is 18.4 Å². The molecular formula is C27H27NO4. The van der Waals surface area contributed by atoms with Crippen molar-refractivity contribution >= 4 is 11.9 Å². The molecule has 5 heteroatoms. The third-order valence-corrected chi connectivity index (χ3v) is 5.46. The van der Waals surface area contributed by atoms with Crippen molar-refractivity contribution in [1.82, 2.24) is 4.90 Å². The second kappa shape index (κ2) is 10.1. The number of aliphatic carboxylic acids is 1. The van der Waals surface area contributed by atoms with Crippen LogP contribution in [-0.4, -0.2) is 41.1 Å². The minimum absolute atomic E-state index is 0.254. The third kappa shape index (κ3) is 4.95. The molecule has 0 aromatic heterocycles. The van der Waals surface area contributed by atoms with Crippen molar-refractivity contribution in [3.63, 3.8) is 0 Å². The van der Waals surface area contributed by atoms with Gasteiger partial charge < -0.3 is 15.1 Å². The summed E-state index contributed by atoms with van der Waals surface area (Å²) in [6.07, 6.45) is 0.834. The molecule has 2 unspecified atom stereocenters. The largest absolute Gasteiger partial charge is 0.481 e. The summed E-state index contributed by atoms with van der Waals surface area (Å²) in [7, 11) is 3.28. The summed E-state index contributed by atoms with van der Waals surface area (Å²) in [6, 6.07) is 21.9. The van der Waals surface area contributed by atoms with Crippen LogP contribution in [0.4, 0.5) is 0 Å². The maximum Gasteiger partial charge on any atom is 0.311 e. The van der Waals surface area contributed by atoms with Crippen molar-refractivity contribution < 1.29 is 19.8 Å². The lowest BCUT2D eigenvalue weighted by molar-refractivity contribution is -0.138. The van der Waals surface area contributed by atoms with Crippen LogP contribution >= 0.6 is 0 Å². The van der Waals surface area contributed by atoms with E-state index in [1.54, 1.807) is 38.4 Å². The molecule has 0 aliphatic carbocycles. The second-order valence-corrected chi connectivity index (χ2v) is 7.85. The minimum atomic E-state index is -1.00. The van der Waals surface area contributed by atoms with Crippen LogP contribution in [-0.2, 0) is 11.2 Å². The SMILES string of the molecule is C=CC(O)c1ccccc1-c1ccc(C(=O)N(C)C)c(C(Cc2ccccc2)C(=O)O)c1. The Kier molecular flexibility index (Phi) is 7.23. The summed E-state index contributed by atoms with van der Waals surface area (Å²) < 4.78 is 0. The highest BCUT2D eigenvalue weighted by Crippen LogP contribution is 2.34. The fourth-order valence-electron chi connectivity index (χ4n) is 3.78. The Hall–Kier alpha value is -3.70. The van der Waals surface area contributed by atoms with Gasteiger partial charge >= 0.3 is 5.97 Å². The topological polar surface area (TPSA) is 77.8 Å². The zero-order chi connectivity index (χ0) is 23.3. The molecule has 0 bridgehead atoms. The Morgan fingerprint density at radius 1 is 0.969 bits per heavy atom. The standard InChI is InChI=1S/C27H27NO4/c1-4-25(29)21-13-9-8-12-20(21)19-14-15-22(26(30)28(2)3)23(17-19)24(27(31)32)16-18-10-6-5-7-11-18/h4-15,17,24-25,29H,1,16H2,2-3H3,(H,31,32). The van der Waals surface area contributed by atoms with E-state index in [4.69, 9.17) is 0 Å². The monoisotopic (exact) mass is 429 g/mol. The van der Waals surface area contributed by atoms with Crippen LogP contribution in [0.25, 0.3) is 11.1 Å². The fourth-order valence-corrected chi connectivity index (χ4v) is 3.78. The van der Waals surface area contributed by atoms with Gasteiger partial charge in [-0.25, -0.2) is 0 Å². The molecule has 0 fully saturated rings. The molecule has 0 radical (unpaired) electrons. The van der Waals surface area contributed by atoms with E-state index in [1.165, 1.54) is 11.0 Å². The predicted molar refractivity (Wildman–Crippen MR) is 126 cm³/mol. The summed E-state index contributed by atoms with van der Waals surface area (Å²) in [5, 5.41) is 20.5. The Morgan fingerprint density at radius 2 is 1.62 bits per heavy atom. The van der Waals surface area contributed by atoms with Gasteiger partial charge in [0.1, 0.15) is 0 Å². The van der Waals surface area contributed by atoms with Crippen molar-refractivity contribution in [1.29, 1.82) is 0 Å². The van der Waals surface area contributed by atoms with Crippen LogP contribution in [0.15, 0.2) is 85.5 Å². The summed E-state index contributed by atoms with van der Waals surface area (Å²) in [5.74, 6) is -2.17. The Labute approximate surface area is 188 Å². The Bertz CT molecular complexity index is 1120. The van der Waals surface area contributed by atoms with E-state index < -0.39 is 18.0 Å². The highest BCUT2D eigenvalue weighted by Gasteiger charge is 2.27. The van der Waals surface area contributed by atoms with Gasteiger partial charge in [0.2, 0.25) is 0 Å². The van der Waals surface area contributed by atoms with E-state index in [0.717, 1.165) is 16.7 Å². The molecule has 2 atom stereocenters. The highest BCUT2D eigenvalue weighted by molar-refractivity contribution is 5.98. The van der Waals surface area contributed by atoms with E-state index in [-0.39, 0.29) is 12.3 Å². The number of hydrogen-bond donors (Lipinski definition) is 2. The number of hydrogen-bond acceptors (Lipinski definition) is 3. The number of benzene rings is 3. The van der Waals surface area contributed by atoms with Crippen LogP contribution < -0.4 is 0 Å². The molecule has 3 rings (SSSR count). The molecule has 164 valence electrons. The van der Waals surface area contributed by atoms with Crippen molar-refractivity contribution in [2.24, 2.45) is 0 Å². The molecule has 0 aliphatic heterocycles. The molecule has 0 heterocycles. The average Bonchev–Trinajstić information content (AvgIpc) is 2.81. The number of amides is 1. The summed E-state index contributed by atoms with van der Waals surface area (Å²) in [6.45, 7) is 3.67. The van der Waals surface area contributed by atoms with Crippen LogP contribution in [0.1, 0.15) is 39.1 Å². The van der Waals surface area contributed by atoms with Crippen LogP contribution in [0.5, 0.6) is 0 Å². The second-order valence-electron chi connectivity index (χ2n) is 7.85. The van der Waals surface area contributed by atoms with Gasteiger partial charge in [-0.2, -0.15) is 0 Å². The Morgan fingerprint density at radius 3 is 2.25 bits per heavy atom. The zero-order valence-corrected chi connectivity index (χ0v) is 18.2. The third-order valence-electron chi connectivity index (χ3n) is 5.46. The molecular weight excluding hydrogens is 402 g/mol. The van der Waals surface area contributed by atoms with E-state index in [1.807, 2.05) is 48.5 Å². The first-order valence-corrected chi connectivity index (χ1v) is 10.4. The van der Waals surface area contributed by atoms with Crippen LogP contribution in [0, 0.1) is 0 Å². The van der Waals surface area contributed by atoms with Gasteiger partial charge in [-0.15, -0.1) is 6.58 Å². The highest BCUT2D eigenvalue weighted by atomic mass is 16.4. The van der Waals surface area contributed by atoms with Crippen LogP contribution in [0.2, 0.25) is 0 Å². The number of carbonyl (C=O) groups excluding carboxylic acids is 1. The molecule has 0 spiro atoms. The Balaban J connectivity index is 2.19. The number of carbonyl (C=O) groups is 2. The smallest absolute Gasteiger partial charge is 0.311 e. The number of aliphatic hydroxyl groups excluding tert-OH is 1. The molecule has 32 heavy (non-hydrogen) atoms. The van der Waals surface area contributed by atoms with E-state index >= 15 is 0 Å². The van der Waals surface area contributed by atoms with Gasteiger partial charge in [0.15, 0.2) is 0 Å². The molecule has 3 aromatic rings. The lowest BCUT2D eigenvalue weighted by atomic mass is 9.85. The van der Waals surface area contributed by atoms with Crippen molar-refractivity contribution in [3.05, 3.63) is 108 Å². The van der Waals surface area contributed by atoms with Gasteiger partial charge in [-0.1, -0.05) is 66.7 Å². The summed E-state index contributed by atoms with van der Waals surface area (Å²) >= 11 is 0. The summed E-state index contributed by atoms with van der Waals surface area (Å²) in [4.78, 5) is 26.7. The predicted octanol–water partition coefficient (Wildman–Crippen LogP) is 4.69. The molecule has 5 nitrogen and oxygen atoms in total. The van der Waals surface area contributed by atoms with Gasteiger partial charge in [0, 0.05) is 19.7 Å². The van der Waals surface area contributed by atoms with Gasteiger partial charge in [-0.3, -0.25) is 9.59 Å². The molecule has 0 saturated heterocycles. The molecule has 1 amide bonds. The lowest BCUT2D eigenvalue weighted by Gasteiger charge is -2.21.